The maximum absolute atomic E-state index is 13.2. The minimum atomic E-state index is 0. The number of para-hydroxylation sites is 1. The summed E-state index contributed by atoms with van der Waals surface area (Å²) < 4.78 is 5.14. The molecule has 5 heteroatoms. The Bertz CT molecular complexity index is 860. The fourth-order valence-corrected chi connectivity index (χ4v) is 3.94. The zero-order chi connectivity index (χ0) is 19.2. The number of amides is 1. The van der Waals surface area contributed by atoms with E-state index in [-0.39, 0.29) is 24.4 Å². The summed E-state index contributed by atoms with van der Waals surface area (Å²) in [6.07, 6.45) is 6.12. The van der Waals surface area contributed by atoms with Crippen molar-refractivity contribution in [2.75, 3.05) is 24.5 Å². The van der Waals surface area contributed by atoms with Crippen LogP contribution < -0.4 is 4.90 Å². The van der Waals surface area contributed by atoms with Crippen molar-refractivity contribution in [3.8, 4) is 0 Å². The number of rotatable bonds is 6. The lowest BCUT2D eigenvalue weighted by molar-refractivity contribution is 0.0959. The molecule has 0 aliphatic carbocycles. The first-order valence-electron chi connectivity index (χ1n) is 9.98. The number of furan rings is 1. The Balaban J connectivity index is 0.00000240. The van der Waals surface area contributed by atoms with Crippen LogP contribution in [-0.4, -0.2) is 36.5 Å². The van der Waals surface area contributed by atoms with Gasteiger partial charge >= 0.3 is 0 Å². The maximum atomic E-state index is 13.2. The number of hydrogen-bond acceptors (Lipinski definition) is 3. The number of hydrogen-bond donors (Lipinski definition) is 0. The summed E-state index contributed by atoms with van der Waals surface area (Å²) in [5.41, 5.74) is 2.94. The predicted molar refractivity (Wildman–Crippen MR) is 119 cm³/mol. The Morgan fingerprint density at radius 2 is 1.62 bits per heavy atom. The molecule has 1 saturated heterocycles. The third kappa shape index (κ3) is 5.28. The second-order valence-corrected chi connectivity index (χ2v) is 7.33. The molecule has 3 aromatic rings. The van der Waals surface area contributed by atoms with Crippen molar-refractivity contribution in [3.63, 3.8) is 0 Å². The number of anilines is 1. The van der Waals surface area contributed by atoms with Crippen molar-refractivity contribution in [3.05, 3.63) is 90.4 Å². The van der Waals surface area contributed by atoms with E-state index in [0.717, 1.165) is 44.6 Å². The fraction of sp³-hybridized carbons (Fsp3) is 0.292. The average Bonchev–Trinajstić information content (AvgIpc) is 3.30. The van der Waals surface area contributed by atoms with E-state index >= 15 is 0 Å². The summed E-state index contributed by atoms with van der Waals surface area (Å²) in [7, 11) is 0. The monoisotopic (exact) mass is 410 g/mol. The number of nitrogens with zero attached hydrogens (tertiary/aromatic N) is 2. The van der Waals surface area contributed by atoms with Crippen LogP contribution in [0.15, 0.2) is 83.7 Å². The largest absolute Gasteiger partial charge is 0.472 e. The minimum absolute atomic E-state index is 0. The van der Waals surface area contributed by atoms with Gasteiger partial charge in [-0.15, -0.1) is 12.4 Å². The molecule has 0 bridgehead atoms. The van der Waals surface area contributed by atoms with Crippen molar-refractivity contribution < 1.29 is 9.21 Å². The molecule has 1 aliphatic heterocycles. The molecule has 0 saturated carbocycles. The SMILES string of the molecule is Cl.O=C(c1ccoc1)N(c1ccccc1)C1CCN(CCc2ccccc2)CC1. The Labute approximate surface area is 178 Å². The van der Waals surface area contributed by atoms with Gasteiger partial charge in [0.2, 0.25) is 0 Å². The summed E-state index contributed by atoms with van der Waals surface area (Å²) in [5.74, 6) is 0.0164. The Morgan fingerprint density at radius 3 is 2.24 bits per heavy atom. The first kappa shape index (κ1) is 21.2. The van der Waals surface area contributed by atoms with Crippen LogP contribution in [0, 0.1) is 0 Å². The number of piperidine rings is 1. The van der Waals surface area contributed by atoms with Gasteiger partial charge in [-0.25, -0.2) is 0 Å². The van der Waals surface area contributed by atoms with Crippen LogP contribution in [-0.2, 0) is 6.42 Å². The van der Waals surface area contributed by atoms with Crippen LogP contribution in [0.3, 0.4) is 0 Å². The van der Waals surface area contributed by atoms with Gasteiger partial charge in [0.05, 0.1) is 11.8 Å². The smallest absolute Gasteiger partial charge is 0.261 e. The highest BCUT2D eigenvalue weighted by Crippen LogP contribution is 2.26. The van der Waals surface area contributed by atoms with Crippen LogP contribution >= 0.6 is 12.4 Å². The van der Waals surface area contributed by atoms with Crippen LogP contribution in [0.5, 0.6) is 0 Å². The second-order valence-electron chi connectivity index (χ2n) is 7.33. The molecular weight excluding hydrogens is 384 g/mol. The van der Waals surface area contributed by atoms with Gasteiger partial charge in [-0.1, -0.05) is 48.5 Å². The quantitative estimate of drug-likeness (QED) is 0.570. The summed E-state index contributed by atoms with van der Waals surface area (Å²) in [5, 5.41) is 0. The third-order valence-electron chi connectivity index (χ3n) is 5.50. The van der Waals surface area contributed by atoms with Crippen molar-refractivity contribution in [1.29, 1.82) is 0 Å². The standard InChI is InChI=1S/C24H26N2O2.ClH/c27-24(21-14-18-28-19-21)26(22-9-5-2-6-10-22)23-12-16-25(17-13-23)15-11-20-7-3-1-4-8-20;/h1-10,14,18-19,23H,11-13,15-17H2;1H. The van der Waals surface area contributed by atoms with E-state index in [2.05, 4.69) is 35.2 Å². The van der Waals surface area contributed by atoms with Crippen molar-refractivity contribution in [2.45, 2.75) is 25.3 Å². The van der Waals surface area contributed by atoms with Gasteiger partial charge in [-0.2, -0.15) is 0 Å². The van der Waals surface area contributed by atoms with E-state index in [1.165, 1.54) is 11.8 Å². The van der Waals surface area contributed by atoms with Gasteiger partial charge in [0.15, 0.2) is 0 Å². The number of halogens is 1. The Hall–Kier alpha value is -2.56. The molecule has 1 aromatic heterocycles. The molecule has 0 unspecified atom stereocenters. The molecule has 1 fully saturated rings. The molecule has 0 radical (unpaired) electrons. The number of carbonyl (C=O) groups is 1. The van der Waals surface area contributed by atoms with Gasteiger partial charge in [0, 0.05) is 31.4 Å². The predicted octanol–water partition coefficient (Wildman–Crippen LogP) is 5.06. The van der Waals surface area contributed by atoms with Gasteiger partial charge in [0.1, 0.15) is 6.26 Å². The number of benzene rings is 2. The molecule has 1 amide bonds. The zero-order valence-corrected chi connectivity index (χ0v) is 17.3. The molecule has 29 heavy (non-hydrogen) atoms. The molecule has 0 spiro atoms. The van der Waals surface area contributed by atoms with Crippen LogP contribution in [0.1, 0.15) is 28.8 Å². The van der Waals surface area contributed by atoms with Gasteiger partial charge < -0.3 is 14.2 Å². The fourth-order valence-electron chi connectivity index (χ4n) is 3.94. The Morgan fingerprint density at radius 1 is 0.966 bits per heavy atom. The second kappa shape index (κ2) is 10.3. The average molecular weight is 411 g/mol. The molecule has 0 atom stereocenters. The van der Waals surface area contributed by atoms with Crippen LogP contribution in [0.25, 0.3) is 0 Å². The highest BCUT2D eigenvalue weighted by atomic mass is 35.5. The van der Waals surface area contributed by atoms with Crippen molar-refractivity contribution >= 4 is 24.0 Å². The molecule has 2 heterocycles. The molecular formula is C24H27ClN2O2. The summed E-state index contributed by atoms with van der Waals surface area (Å²) in [6, 6.07) is 22.6. The normalized spacial score (nSPS) is 14.9. The molecule has 0 N–H and O–H groups in total. The summed E-state index contributed by atoms with van der Waals surface area (Å²) >= 11 is 0. The number of carbonyl (C=O) groups excluding carboxylic acids is 1. The molecule has 4 nitrogen and oxygen atoms in total. The molecule has 2 aromatic carbocycles. The first-order chi connectivity index (χ1) is 13.8. The Kier molecular flexibility index (Phi) is 7.50. The molecule has 4 rings (SSSR count). The van der Waals surface area contributed by atoms with E-state index in [1.807, 2.05) is 35.2 Å². The van der Waals surface area contributed by atoms with E-state index in [9.17, 15) is 4.79 Å². The zero-order valence-electron chi connectivity index (χ0n) is 16.4. The maximum Gasteiger partial charge on any atom is 0.261 e. The van der Waals surface area contributed by atoms with Gasteiger partial charge in [0.25, 0.3) is 5.91 Å². The lowest BCUT2D eigenvalue weighted by Gasteiger charge is -2.38. The molecule has 1 aliphatic rings. The highest BCUT2D eigenvalue weighted by molar-refractivity contribution is 6.06. The van der Waals surface area contributed by atoms with Gasteiger partial charge in [-0.05, 0) is 43.0 Å². The van der Waals surface area contributed by atoms with E-state index in [1.54, 1.807) is 12.3 Å². The third-order valence-corrected chi connectivity index (χ3v) is 5.50. The lowest BCUT2D eigenvalue weighted by Crippen LogP contribution is -2.48. The minimum Gasteiger partial charge on any atom is -0.472 e. The topological polar surface area (TPSA) is 36.7 Å². The van der Waals surface area contributed by atoms with Crippen molar-refractivity contribution in [1.82, 2.24) is 4.90 Å². The van der Waals surface area contributed by atoms with E-state index in [4.69, 9.17) is 4.42 Å². The molecule has 152 valence electrons. The van der Waals surface area contributed by atoms with Crippen molar-refractivity contribution in [2.24, 2.45) is 0 Å². The van der Waals surface area contributed by atoms with Crippen LogP contribution in [0.2, 0.25) is 0 Å². The van der Waals surface area contributed by atoms with Gasteiger partial charge in [-0.3, -0.25) is 4.79 Å². The summed E-state index contributed by atoms with van der Waals surface area (Å²) in [6.45, 7) is 3.09. The first-order valence-corrected chi connectivity index (χ1v) is 9.98. The van der Waals surface area contributed by atoms with E-state index in [0.29, 0.717) is 5.56 Å². The number of likely N-dealkylation sites (tertiary alicyclic amines) is 1. The highest BCUT2D eigenvalue weighted by Gasteiger charge is 2.30. The van der Waals surface area contributed by atoms with E-state index < -0.39 is 0 Å². The summed E-state index contributed by atoms with van der Waals surface area (Å²) in [4.78, 5) is 17.6. The lowest BCUT2D eigenvalue weighted by atomic mass is 10.0. The van der Waals surface area contributed by atoms with Crippen LogP contribution in [0.4, 0.5) is 5.69 Å².